The van der Waals surface area contributed by atoms with Crippen LogP contribution in [0, 0.1) is 6.92 Å². The summed E-state index contributed by atoms with van der Waals surface area (Å²) in [5, 5.41) is 4.46. The lowest BCUT2D eigenvalue weighted by Crippen LogP contribution is -2.37. The molecule has 0 aromatic carbocycles. The summed E-state index contributed by atoms with van der Waals surface area (Å²) < 4.78 is 7.32. The van der Waals surface area contributed by atoms with Crippen LogP contribution in [-0.4, -0.2) is 23.4 Å². The molecule has 1 aliphatic rings. The molecule has 2 N–H and O–H groups in total. The third-order valence-electron chi connectivity index (χ3n) is 3.83. The molecule has 0 unspecified atom stereocenters. The van der Waals surface area contributed by atoms with E-state index in [1.54, 1.807) is 7.11 Å². The number of aryl methyl sites for hydroxylation is 2. The van der Waals surface area contributed by atoms with Gasteiger partial charge in [-0.3, -0.25) is 0 Å². The minimum absolute atomic E-state index is 0.235. The molecule has 1 heterocycles. The molecular formula is C12H21N3O. The van der Waals surface area contributed by atoms with Crippen molar-refractivity contribution in [2.75, 3.05) is 13.7 Å². The predicted octanol–water partition coefficient (Wildman–Crippen LogP) is 1.51. The molecule has 0 atom stereocenters. The molecule has 2 rings (SSSR count). The van der Waals surface area contributed by atoms with Gasteiger partial charge in [-0.2, -0.15) is 5.10 Å². The van der Waals surface area contributed by atoms with E-state index >= 15 is 0 Å². The van der Waals surface area contributed by atoms with Crippen LogP contribution in [0.2, 0.25) is 0 Å². The zero-order valence-corrected chi connectivity index (χ0v) is 10.4. The van der Waals surface area contributed by atoms with E-state index in [2.05, 4.69) is 12.0 Å². The van der Waals surface area contributed by atoms with Crippen molar-refractivity contribution >= 4 is 0 Å². The molecule has 4 nitrogen and oxygen atoms in total. The van der Waals surface area contributed by atoms with Crippen molar-refractivity contribution in [2.45, 2.75) is 38.0 Å². The van der Waals surface area contributed by atoms with Crippen molar-refractivity contribution in [3.63, 3.8) is 0 Å². The lowest BCUT2D eigenvalue weighted by Gasteiger charge is -2.42. The lowest BCUT2D eigenvalue weighted by molar-refractivity contribution is 0.219. The van der Waals surface area contributed by atoms with Crippen LogP contribution in [0.25, 0.3) is 0 Å². The van der Waals surface area contributed by atoms with Gasteiger partial charge in [0.2, 0.25) is 5.88 Å². The summed E-state index contributed by atoms with van der Waals surface area (Å²) in [6.07, 6.45) is 4.76. The normalized spacial score (nSPS) is 18.2. The molecule has 0 radical (unpaired) electrons. The van der Waals surface area contributed by atoms with Gasteiger partial charge in [0.25, 0.3) is 0 Å². The quantitative estimate of drug-likeness (QED) is 0.841. The summed E-state index contributed by atoms with van der Waals surface area (Å²) in [4.78, 5) is 0. The summed E-state index contributed by atoms with van der Waals surface area (Å²) in [5.41, 5.74) is 8.35. The number of ether oxygens (including phenoxy) is 1. The lowest BCUT2D eigenvalue weighted by atomic mass is 9.62. The number of hydrogen-bond acceptors (Lipinski definition) is 3. The average Bonchev–Trinajstić information content (AvgIpc) is 2.47. The summed E-state index contributed by atoms with van der Waals surface area (Å²) in [6, 6.07) is 0. The predicted molar refractivity (Wildman–Crippen MR) is 63.7 cm³/mol. The van der Waals surface area contributed by atoms with Crippen LogP contribution in [0.5, 0.6) is 5.88 Å². The van der Waals surface area contributed by atoms with E-state index in [1.807, 2.05) is 11.7 Å². The monoisotopic (exact) mass is 223 g/mol. The van der Waals surface area contributed by atoms with Gasteiger partial charge in [-0.25, -0.2) is 4.68 Å². The summed E-state index contributed by atoms with van der Waals surface area (Å²) >= 11 is 0. The van der Waals surface area contributed by atoms with Gasteiger partial charge >= 0.3 is 0 Å². The number of hydrogen-bond donors (Lipinski definition) is 1. The molecule has 1 aromatic heterocycles. The van der Waals surface area contributed by atoms with Crippen molar-refractivity contribution in [1.82, 2.24) is 9.78 Å². The average molecular weight is 223 g/mol. The smallest absolute Gasteiger partial charge is 0.215 e. The molecule has 4 heteroatoms. The third kappa shape index (κ3) is 1.52. The van der Waals surface area contributed by atoms with E-state index in [9.17, 15) is 0 Å². The first-order valence-corrected chi connectivity index (χ1v) is 5.93. The molecule has 1 aliphatic carbocycles. The van der Waals surface area contributed by atoms with Gasteiger partial charge < -0.3 is 10.5 Å². The second kappa shape index (κ2) is 4.09. The van der Waals surface area contributed by atoms with Gasteiger partial charge in [0, 0.05) is 18.0 Å². The molecule has 1 fully saturated rings. The van der Waals surface area contributed by atoms with E-state index < -0.39 is 0 Å². The Morgan fingerprint density at radius 3 is 2.62 bits per heavy atom. The number of nitrogens with zero attached hydrogens (tertiary/aromatic N) is 2. The molecule has 0 saturated heterocycles. The second-order valence-corrected chi connectivity index (χ2v) is 4.77. The zero-order chi connectivity index (χ0) is 11.8. The van der Waals surface area contributed by atoms with Gasteiger partial charge in [-0.15, -0.1) is 0 Å². The van der Waals surface area contributed by atoms with Gasteiger partial charge in [0.1, 0.15) is 0 Å². The van der Waals surface area contributed by atoms with E-state index in [0.717, 1.165) is 24.5 Å². The first-order chi connectivity index (χ1) is 7.64. The molecule has 1 aromatic rings. The molecule has 0 aliphatic heterocycles. The van der Waals surface area contributed by atoms with E-state index in [0.29, 0.717) is 0 Å². The zero-order valence-electron chi connectivity index (χ0n) is 10.4. The fourth-order valence-electron chi connectivity index (χ4n) is 2.99. The summed E-state index contributed by atoms with van der Waals surface area (Å²) in [5.74, 6) is 0.908. The molecule has 16 heavy (non-hydrogen) atoms. The Labute approximate surface area is 96.8 Å². The topological polar surface area (TPSA) is 53.1 Å². The largest absolute Gasteiger partial charge is 0.481 e. The van der Waals surface area contributed by atoms with E-state index in [1.165, 1.54) is 24.8 Å². The Morgan fingerprint density at radius 1 is 1.50 bits per heavy atom. The summed E-state index contributed by atoms with van der Waals surface area (Å²) in [6.45, 7) is 2.80. The Bertz CT molecular complexity index is 380. The van der Waals surface area contributed by atoms with Crippen molar-refractivity contribution < 1.29 is 4.74 Å². The molecular weight excluding hydrogens is 202 g/mol. The number of rotatable bonds is 4. The summed E-state index contributed by atoms with van der Waals surface area (Å²) in [7, 11) is 3.65. The van der Waals surface area contributed by atoms with Gasteiger partial charge in [0.15, 0.2) is 0 Å². The van der Waals surface area contributed by atoms with Crippen molar-refractivity contribution in [1.29, 1.82) is 0 Å². The minimum atomic E-state index is 0.235. The highest BCUT2D eigenvalue weighted by atomic mass is 16.5. The van der Waals surface area contributed by atoms with Crippen molar-refractivity contribution in [3.05, 3.63) is 11.3 Å². The third-order valence-corrected chi connectivity index (χ3v) is 3.83. The van der Waals surface area contributed by atoms with E-state index in [-0.39, 0.29) is 5.41 Å². The first-order valence-electron chi connectivity index (χ1n) is 5.93. The Balaban J connectivity index is 2.44. The van der Waals surface area contributed by atoms with Crippen LogP contribution in [0.1, 0.15) is 36.9 Å². The molecule has 0 amide bonds. The van der Waals surface area contributed by atoms with Crippen molar-refractivity contribution in [2.24, 2.45) is 12.8 Å². The molecule has 1 saturated carbocycles. The van der Waals surface area contributed by atoms with Crippen LogP contribution in [0.15, 0.2) is 0 Å². The minimum Gasteiger partial charge on any atom is -0.481 e. The Morgan fingerprint density at radius 2 is 2.19 bits per heavy atom. The van der Waals surface area contributed by atoms with E-state index in [4.69, 9.17) is 10.5 Å². The van der Waals surface area contributed by atoms with Crippen LogP contribution >= 0.6 is 0 Å². The maximum Gasteiger partial charge on any atom is 0.215 e. The number of nitrogens with two attached hydrogens (primary N) is 1. The highest BCUT2D eigenvalue weighted by molar-refractivity contribution is 5.40. The number of methoxy groups -OCH3 is 1. The first kappa shape index (κ1) is 11.5. The maximum absolute atomic E-state index is 5.74. The fraction of sp³-hybridized carbons (Fsp3) is 0.750. The van der Waals surface area contributed by atoms with Crippen LogP contribution < -0.4 is 10.5 Å². The number of aromatic nitrogens is 2. The molecule has 90 valence electrons. The highest BCUT2D eigenvalue weighted by Crippen LogP contribution is 2.50. The molecule has 0 spiro atoms. The SMILES string of the molecule is COc1c(C2(CCN)CCC2)c(C)nn1C. The Kier molecular flexibility index (Phi) is 2.93. The second-order valence-electron chi connectivity index (χ2n) is 4.77. The van der Waals surface area contributed by atoms with Gasteiger partial charge in [-0.1, -0.05) is 6.42 Å². The van der Waals surface area contributed by atoms with Crippen LogP contribution in [0.4, 0.5) is 0 Å². The van der Waals surface area contributed by atoms with Crippen molar-refractivity contribution in [3.8, 4) is 5.88 Å². The fourth-order valence-corrected chi connectivity index (χ4v) is 2.99. The Hall–Kier alpha value is -1.03. The van der Waals surface area contributed by atoms with Crippen LogP contribution in [0.3, 0.4) is 0 Å². The van der Waals surface area contributed by atoms with Crippen LogP contribution in [-0.2, 0) is 12.5 Å². The van der Waals surface area contributed by atoms with Gasteiger partial charge in [0.05, 0.1) is 12.8 Å². The van der Waals surface area contributed by atoms with Gasteiger partial charge in [-0.05, 0) is 32.7 Å². The molecule has 0 bridgehead atoms. The standard InChI is InChI=1S/C12H21N3O/c1-9-10(11(16-3)15(2)14-9)12(7-8-13)5-4-6-12/h4-8,13H2,1-3H3. The highest BCUT2D eigenvalue weighted by Gasteiger charge is 2.42. The maximum atomic E-state index is 5.74.